The Labute approximate surface area is 121 Å². The summed E-state index contributed by atoms with van der Waals surface area (Å²) < 4.78 is 5.31. The molecule has 0 aliphatic carbocycles. The van der Waals surface area contributed by atoms with E-state index in [1.807, 2.05) is 12.1 Å². The number of rotatable bonds is 4. The van der Waals surface area contributed by atoms with Crippen molar-refractivity contribution < 1.29 is 9.21 Å². The van der Waals surface area contributed by atoms with E-state index < -0.39 is 0 Å². The molecule has 21 heavy (non-hydrogen) atoms. The van der Waals surface area contributed by atoms with Crippen molar-refractivity contribution in [1.29, 1.82) is 0 Å². The van der Waals surface area contributed by atoms with Gasteiger partial charge in [-0.15, -0.1) is 0 Å². The lowest BCUT2D eigenvalue weighted by atomic mass is 10.1. The number of carbonyl (C=O) groups is 1. The molecule has 6 heteroatoms. The van der Waals surface area contributed by atoms with E-state index in [1.165, 1.54) is 0 Å². The molecule has 0 aliphatic rings. The smallest absolute Gasteiger partial charge is 0.255 e. The van der Waals surface area contributed by atoms with Crippen LogP contribution in [0, 0.1) is 6.92 Å². The van der Waals surface area contributed by atoms with E-state index in [0.29, 0.717) is 29.3 Å². The summed E-state index contributed by atoms with van der Waals surface area (Å²) in [5, 5.41) is 9.83. The number of aromatic nitrogens is 3. The third kappa shape index (κ3) is 2.69. The van der Waals surface area contributed by atoms with Crippen molar-refractivity contribution >= 4 is 5.91 Å². The molecule has 0 aromatic carbocycles. The minimum absolute atomic E-state index is 0.198. The Bertz CT molecular complexity index is 732. The number of pyridine rings is 1. The van der Waals surface area contributed by atoms with Crippen LogP contribution in [0.25, 0.3) is 11.5 Å². The normalized spacial score (nSPS) is 10.5. The van der Waals surface area contributed by atoms with Crippen molar-refractivity contribution in [3.05, 3.63) is 59.7 Å². The molecule has 106 valence electrons. The van der Waals surface area contributed by atoms with Gasteiger partial charge in [-0.05, 0) is 30.7 Å². The summed E-state index contributed by atoms with van der Waals surface area (Å²) in [7, 11) is 0. The molecule has 0 unspecified atom stereocenters. The fourth-order valence-corrected chi connectivity index (χ4v) is 2.07. The second-order valence-corrected chi connectivity index (χ2v) is 4.59. The summed E-state index contributed by atoms with van der Waals surface area (Å²) in [4.78, 5) is 16.4. The van der Waals surface area contributed by atoms with Gasteiger partial charge in [-0.25, -0.2) is 0 Å². The minimum Gasteiger partial charge on any atom is -0.463 e. The molecule has 1 amide bonds. The van der Waals surface area contributed by atoms with Gasteiger partial charge in [0.1, 0.15) is 5.69 Å². The fraction of sp³-hybridized carbons (Fsp3) is 0.133. The largest absolute Gasteiger partial charge is 0.463 e. The summed E-state index contributed by atoms with van der Waals surface area (Å²) in [5.41, 5.74) is 2.65. The molecule has 0 fully saturated rings. The number of nitrogens with one attached hydrogen (secondary N) is 2. The van der Waals surface area contributed by atoms with Crippen LogP contribution in [0.5, 0.6) is 0 Å². The molecule has 2 N–H and O–H groups in total. The third-order valence-electron chi connectivity index (χ3n) is 3.10. The second-order valence-electron chi connectivity index (χ2n) is 4.59. The fourth-order valence-electron chi connectivity index (χ4n) is 2.07. The lowest BCUT2D eigenvalue weighted by Crippen LogP contribution is -2.23. The van der Waals surface area contributed by atoms with Gasteiger partial charge in [0, 0.05) is 24.6 Å². The quantitative estimate of drug-likeness (QED) is 0.769. The molecule has 0 spiro atoms. The number of furan rings is 1. The molecular formula is C15H14N4O2. The summed E-state index contributed by atoms with van der Waals surface area (Å²) in [6.07, 6.45) is 4.97. The van der Waals surface area contributed by atoms with Crippen molar-refractivity contribution in [3.63, 3.8) is 0 Å². The van der Waals surface area contributed by atoms with Crippen LogP contribution >= 0.6 is 0 Å². The minimum atomic E-state index is -0.198. The van der Waals surface area contributed by atoms with Gasteiger partial charge in [-0.1, -0.05) is 6.07 Å². The topological polar surface area (TPSA) is 83.8 Å². The summed E-state index contributed by atoms with van der Waals surface area (Å²) in [5.74, 6) is 0.363. The molecule has 3 rings (SSSR count). The monoisotopic (exact) mass is 282 g/mol. The molecule has 0 aliphatic heterocycles. The number of aromatic amines is 1. The average Bonchev–Trinajstić information content (AvgIpc) is 3.15. The van der Waals surface area contributed by atoms with Crippen LogP contribution in [0.1, 0.15) is 21.6 Å². The van der Waals surface area contributed by atoms with Crippen LogP contribution in [0.4, 0.5) is 0 Å². The molecule has 0 atom stereocenters. The number of hydrogen-bond donors (Lipinski definition) is 2. The molecule has 6 nitrogen and oxygen atoms in total. The number of hydrogen-bond acceptors (Lipinski definition) is 4. The molecular weight excluding hydrogens is 268 g/mol. The number of aryl methyl sites for hydroxylation is 1. The predicted molar refractivity (Wildman–Crippen MR) is 76.4 cm³/mol. The van der Waals surface area contributed by atoms with Crippen LogP contribution in [0.2, 0.25) is 0 Å². The van der Waals surface area contributed by atoms with Crippen LogP contribution in [-0.4, -0.2) is 21.1 Å². The first kappa shape index (κ1) is 13.1. The zero-order valence-corrected chi connectivity index (χ0v) is 11.5. The Morgan fingerprint density at radius 2 is 2.29 bits per heavy atom. The Kier molecular flexibility index (Phi) is 3.51. The lowest BCUT2D eigenvalue weighted by Gasteiger charge is -2.05. The SMILES string of the molecule is Cc1[nH]nc(-c2ccco2)c1C(=O)NCc1cccnc1. The zero-order chi connectivity index (χ0) is 14.7. The van der Waals surface area contributed by atoms with Crippen molar-refractivity contribution in [1.82, 2.24) is 20.5 Å². The highest BCUT2D eigenvalue weighted by molar-refractivity contribution is 6.00. The number of H-pyrrole nitrogens is 1. The molecule has 0 saturated heterocycles. The van der Waals surface area contributed by atoms with Crippen molar-refractivity contribution in [2.24, 2.45) is 0 Å². The Morgan fingerprint density at radius 3 is 3.00 bits per heavy atom. The van der Waals surface area contributed by atoms with Crippen molar-refractivity contribution in [2.45, 2.75) is 13.5 Å². The van der Waals surface area contributed by atoms with Gasteiger partial charge in [0.15, 0.2) is 5.76 Å². The number of nitrogens with zero attached hydrogens (tertiary/aromatic N) is 2. The summed E-state index contributed by atoms with van der Waals surface area (Å²) >= 11 is 0. The van der Waals surface area contributed by atoms with E-state index in [9.17, 15) is 4.79 Å². The van der Waals surface area contributed by atoms with Gasteiger partial charge >= 0.3 is 0 Å². The van der Waals surface area contributed by atoms with E-state index in [-0.39, 0.29) is 5.91 Å². The Hall–Kier alpha value is -2.89. The van der Waals surface area contributed by atoms with Crippen LogP contribution in [-0.2, 0) is 6.54 Å². The lowest BCUT2D eigenvalue weighted by molar-refractivity contribution is 0.0951. The van der Waals surface area contributed by atoms with Gasteiger partial charge in [0.25, 0.3) is 5.91 Å². The maximum Gasteiger partial charge on any atom is 0.255 e. The highest BCUT2D eigenvalue weighted by Crippen LogP contribution is 2.23. The highest BCUT2D eigenvalue weighted by atomic mass is 16.3. The maximum absolute atomic E-state index is 12.4. The zero-order valence-electron chi connectivity index (χ0n) is 11.5. The molecule has 0 bridgehead atoms. The van der Waals surface area contributed by atoms with E-state index >= 15 is 0 Å². The van der Waals surface area contributed by atoms with Crippen LogP contribution < -0.4 is 5.32 Å². The predicted octanol–water partition coefficient (Wildman–Crippen LogP) is 2.30. The standard InChI is InChI=1S/C15H14N4O2/c1-10-13(14(19-18-10)12-5-3-7-21-12)15(20)17-9-11-4-2-6-16-8-11/h2-8H,9H2,1H3,(H,17,20)(H,18,19). The highest BCUT2D eigenvalue weighted by Gasteiger charge is 2.20. The van der Waals surface area contributed by atoms with E-state index in [2.05, 4.69) is 20.5 Å². The van der Waals surface area contributed by atoms with Crippen molar-refractivity contribution in [3.8, 4) is 11.5 Å². The molecule has 0 saturated carbocycles. The summed E-state index contributed by atoms with van der Waals surface area (Å²) in [6, 6.07) is 7.27. The molecule has 3 heterocycles. The Morgan fingerprint density at radius 1 is 1.38 bits per heavy atom. The van der Waals surface area contributed by atoms with E-state index in [0.717, 1.165) is 5.56 Å². The third-order valence-corrected chi connectivity index (χ3v) is 3.10. The maximum atomic E-state index is 12.4. The van der Waals surface area contributed by atoms with Gasteiger partial charge in [-0.3, -0.25) is 14.9 Å². The number of amides is 1. The first-order chi connectivity index (χ1) is 10.3. The van der Waals surface area contributed by atoms with Gasteiger partial charge in [0.05, 0.1) is 11.8 Å². The molecule has 0 radical (unpaired) electrons. The first-order valence-electron chi connectivity index (χ1n) is 6.51. The van der Waals surface area contributed by atoms with Gasteiger partial charge in [-0.2, -0.15) is 5.10 Å². The second kappa shape index (κ2) is 5.62. The molecule has 3 aromatic rings. The van der Waals surface area contributed by atoms with E-state index in [4.69, 9.17) is 4.42 Å². The van der Waals surface area contributed by atoms with Gasteiger partial charge in [0.2, 0.25) is 0 Å². The van der Waals surface area contributed by atoms with Crippen LogP contribution in [0.3, 0.4) is 0 Å². The van der Waals surface area contributed by atoms with Crippen LogP contribution in [0.15, 0.2) is 47.3 Å². The average molecular weight is 282 g/mol. The summed E-state index contributed by atoms with van der Waals surface area (Å²) in [6.45, 7) is 2.22. The molecule has 3 aromatic heterocycles. The number of carbonyl (C=O) groups excluding carboxylic acids is 1. The first-order valence-corrected chi connectivity index (χ1v) is 6.51. The van der Waals surface area contributed by atoms with Crippen molar-refractivity contribution in [2.75, 3.05) is 0 Å². The van der Waals surface area contributed by atoms with Gasteiger partial charge < -0.3 is 9.73 Å². The Balaban J connectivity index is 1.80. The van der Waals surface area contributed by atoms with E-state index in [1.54, 1.807) is 37.7 Å².